The first-order chi connectivity index (χ1) is 9.82. The molecule has 1 fully saturated rings. The molecule has 0 unspecified atom stereocenters. The average molecular weight is 332 g/mol. The van der Waals surface area contributed by atoms with Gasteiger partial charge < -0.3 is 9.64 Å². The van der Waals surface area contributed by atoms with Gasteiger partial charge in [0.15, 0.2) is 0 Å². The van der Waals surface area contributed by atoms with E-state index in [2.05, 4.69) is 0 Å². The number of rotatable bonds is 5. The van der Waals surface area contributed by atoms with Crippen LogP contribution in [0.15, 0.2) is 23.1 Å². The lowest BCUT2D eigenvalue weighted by Gasteiger charge is -2.30. The van der Waals surface area contributed by atoms with Crippen LogP contribution in [0.25, 0.3) is 0 Å². The Hall–Kier alpha value is -1.27. The maximum atomic E-state index is 12.5. The van der Waals surface area contributed by atoms with Crippen molar-refractivity contribution in [2.75, 3.05) is 20.7 Å². The van der Waals surface area contributed by atoms with Gasteiger partial charge in [0.25, 0.3) is 15.0 Å². The zero-order valence-corrected chi connectivity index (χ0v) is 13.6. The summed E-state index contributed by atoms with van der Waals surface area (Å²) in [4.78, 5) is 14.0. The molecule has 0 saturated heterocycles. The molecule has 5 nitrogen and oxygen atoms in total. The van der Waals surface area contributed by atoms with Crippen molar-refractivity contribution in [2.45, 2.75) is 24.2 Å². The zero-order valence-electron chi connectivity index (χ0n) is 12.0. The number of carbonyl (C=O) groups is 1. The Labute approximate surface area is 129 Å². The van der Waals surface area contributed by atoms with Crippen molar-refractivity contribution < 1.29 is 17.9 Å². The Balaban J connectivity index is 2.28. The molecular formula is C14H18ClNO4S. The van der Waals surface area contributed by atoms with Crippen molar-refractivity contribution in [1.82, 2.24) is 4.90 Å². The fraction of sp³-hybridized carbons (Fsp3) is 0.500. The molecule has 1 saturated carbocycles. The Morgan fingerprint density at radius 3 is 2.57 bits per heavy atom. The maximum absolute atomic E-state index is 12.5. The van der Waals surface area contributed by atoms with Gasteiger partial charge in [-0.15, -0.1) is 0 Å². The number of amides is 1. The van der Waals surface area contributed by atoms with Crippen molar-refractivity contribution in [1.29, 1.82) is 0 Å². The van der Waals surface area contributed by atoms with Crippen LogP contribution >= 0.6 is 10.7 Å². The number of hydrogen-bond acceptors (Lipinski definition) is 4. The Kier molecular flexibility index (Phi) is 4.78. The minimum absolute atomic E-state index is 0.106. The molecule has 1 aromatic rings. The summed E-state index contributed by atoms with van der Waals surface area (Å²) < 4.78 is 28.0. The van der Waals surface area contributed by atoms with E-state index in [4.69, 9.17) is 15.4 Å². The normalized spacial score (nSPS) is 15.4. The van der Waals surface area contributed by atoms with Gasteiger partial charge in [-0.05, 0) is 37.0 Å². The summed E-state index contributed by atoms with van der Waals surface area (Å²) >= 11 is 0. The molecule has 2 rings (SSSR count). The lowest BCUT2D eigenvalue weighted by atomic mass is 9.85. The van der Waals surface area contributed by atoms with E-state index < -0.39 is 9.05 Å². The molecule has 0 aromatic heterocycles. The summed E-state index contributed by atoms with van der Waals surface area (Å²) in [5.41, 5.74) is 0.209. The highest BCUT2D eigenvalue weighted by molar-refractivity contribution is 8.13. The molecule has 1 aromatic carbocycles. The summed E-state index contributed by atoms with van der Waals surface area (Å²) in [5.74, 6) is 0.607. The molecule has 0 bridgehead atoms. The Morgan fingerprint density at radius 2 is 2.10 bits per heavy atom. The first kappa shape index (κ1) is 16.1. The summed E-state index contributed by atoms with van der Waals surface area (Å²) in [6.07, 6.45) is 3.46. The number of carbonyl (C=O) groups excluding carboxylic acids is 1. The van der Waals surface area contributed by atoms with Crippen LogP contribution in [0.2, 0.25) is 0 Å². The van der Waals surface area contributed by atoms with E-state index in [0.29, 0.717) is 18.2 Å². The predicted octanol–water partition coefficient (Wildman–Crippen LogP) is 2.49. The number of benzene rings is 1. The van der Waals surface area contributed by atoms with Gasteiger partial charge >= 0.3 is 0 Å². The van der Waals surface area contributed by atoms with Gasteiger partial charge in [-0.1, -0.05) is 6.42 Å². The standard InChI is InChI=1S/C14H18ClNO4S/c1-16(9-10-4-3-5-10)14(17)12-8-11(21(15,18)19)6-7-13(12)20-2/h6-8,10H,3-5,9H2,1-2H3. The molecule has 0 atom stereocenters. The SMILES string of the molecule is COc1ccc(S(=O)(=O)Cl)cc1C(=O)N(C)CC1CCC1. The van der Waals surface area contributed by atoms with Crippen LogP contribution in [-0.2, 0) is 9.05 Å². The third-order valence-corrected chi connectivity index (χ3v) is 5.14. The molecule has 21 heavy (non-hydrogen) atoms. The van der Waals surface area contributed by atoms with Crippen LogP contribution in [0.1, 0.15) is 29.6 Å². The summed E-state index contributed by atoms with van der Waals surface area (Å²) in [5, 5.41) is 0. The molecule has 0 radical (unpaired) electrons. The fourth-order valence-corrected chi connectivity index (χ4v) is 3.13. The van der Waals surface area contributed by atoms with E-state index in [0.717, 1.165) is 12.8 Å². The molecule has 0 heterocycles. The van der Waals surface area contributed by atoms with E-state index >= 15 is 0 Å². The highest BCUT2D eigenvalue weighted by Crippen LogP contribution is 2.29. The van der Waals surface area contributed by atoms with Gasteiger partial charge in [-0.25, -0.2) is 8.42 Å². The van der Waals surface area contributed by atoms with Gasteiger partial charge in [-0.2, -0.15) is 0 Å². The Morgan fingerprint density at radius 1 is 1.43 bits per heavy atom. The second-order valence-corrected chi connectivity index (χ2v) is 7.85. The highest BCUT2D eigenvalue weighted by Gasteiger charge is 2.25. The van der Waals surface area contributed by atoms with Crippen LogP contribution in [0.5, 0.6) is 5.75 Å². The molecule has 116 valence electrons. The van der Waals surface area contributed by atoms with Gasteiger partial charge in [-0.3, -0.25) is 4.79 Å². The topological polar surface area (TPSA) is 63.7 Å². The molecule has 0 N–H and O–H groups in total. The van der Waals surface area contributed by atoms with Crippen LogP contribution < -0.4 is 4.74 Å². The van der Waals surface area contributed by atoms with Gasteiger partial charge in [0.2, 0.25) is 0 Å². The molecule has 0 aliphatic heterocycles. The quantitative estimate of drug-likeness (QED) is 0.778. The lowest BCUT2D eigenvalue weighted by Crippen LogP contribution is -2.34. The number of methoxy groups -OCH3 is 1. The van der Waals surface area contributed by atoms with E-state index in [9.17, 15) is 13.2 Å². The zero-order chi connectivity index (χ0) is 15.6. The maximum Gasteiger partial charge on any atom is 0.261 e. The summed E-state index contributed by atoms with van der Waals surface area (Å²) in [6.45, 7) is 0.667. The summed E-state index contributed by atoms with van der Waals surface area (Å²) in [7, 11) is 4.60. The van der Waals surface area contributed by atoms with Gasteiger partial charge in [0, 0.05) is 24.3 Å². The first-order valence-electron chi connectivity index (χ1n) is 6.71. The molecule has 1 aliphatic rings. The van der Waals surface area contributed by atoms with Gasteiger partial charge in [0.1, 0.15) is 5.75 Å². The molecular weight excluding hydrogens is 314 g/mol. The van der Waals surface area contributed by atoms with Crippen molar-refractivity contribution in [3.63, 3.8) is 0 Å². The number of hydrogen-bond donors (Lipinski definition) is 0. The second-order valence-electron chi connectivity index (χ2n) is 5.28. The van der Waals surface area contributed by atoms with Crippen molar-refractivity contribution in [3.05, 3.63) is 23.8 Å². The molecule has 7 heteroatoms. The largest absolute Gasteiger partial charge is 0.496 e. The van der Waals surface area contributed by atoms with E-state index in [-0.39, 0.29) is 16.4 Å². The number of ether oxygens (including phenoxy) is 1. The minimum atomic E-state index is -3.88. The number of halogens is 1. The van der Waals surface area contributed by atoms with Crippen molar-refractivity contribution in [3.8, 4) is 5.75 Å². The molecule has 0 spiro atoms. The summed E-state index contributed by atoms with van der Waals surface area (Å²) in [6, 6.07) is 4.03. The van der Waals surface area contributed by atoms with Crippen LogP contribution in [-0.4, -0.2) is 39.9 Å². The van der Waals surface area contributed by atoms with Crippen molar-refractivity contribution in [2.24, 2.45) is 5.92 Å². The minimum Gasteiger partial charge on any atom is -0.496 e. The monoisotopic (exact) mass is 331 g/mol. The van der Waals surface area contributed by atoms with Crippen LogP contribution in [0.4, 0.5) is 0 Å². The van der Waals surface area contributed by atoms with Gasteiger partial charge in [0.05, 0.1) is 17.6 Å². The first-order valence-corrected chi connectivity index (χ1v) is 9.02. The third kappa shape index (κ3) is 3.68. The third-order valence-electron chi connectivity index (χ3n) is 3.79. The highest BCUT2D eigenvalue weighted by atomic mass is 35.7. The predicted molar refractivity (Wildman–Crippen MR) is 80.3 cm³/mol. The van der Waals surface area contributed by atoms with E-state index in [1.807, 2.05) is 0 Å². The second kappa shape index (κ2) is 6.23. The van der Waals surface area contributed by atoms with Crippen LogP contribution in [0.3, 0.4) is 0 Å². The Bertz CT molecular complexity index is 640. The van der Waals surface area contributed by atoms with E-state index in [1.165, 1.54) is 31.7 Å². The van der Waals surface area contributed by atoms with Crippen LogP contribution in [0, 0.1) is 5.92 Å². The lowest BCUT2D eigenvalue weighted by molar-refractivity contribution is 0.0741. The molecule has 1 aliphatic carbocycles. The van der Waals surface area contributed by atoms with E-state index in [1.54, 1.807) is 11.9 Å². The average Bonchev–Trinajstić information content (AvgIpc) is 2.40. The fourth-order valence-electron chi connectivity index (χ4n) is 2.36. The van der Waals surface area contributed by atoms with Crippen molar-refractivity contribution >= 4 is 25.6 Å². The molecule has 1 amide bonds. The number of nitrogens with zero attached hydrogens (tertiary/aromatic N) is 1. The smallest absolute Gasteiger partial charge is 0.261 e.